The second-order valence-electron chi connectivity index (χ2n) is 6.48. The molecule has 1 aliphatic heterocycles. The summed E-state index contributed by atoms with van der Waals surface area (Å²) in [7, 11) is 0. The van der Waals surface area contributed by atoms with E-state index in [1.807, 2.05) is 31.2 Å². The van der Waals surface area contributed by atoms with Crippen LogP contribution in [0.25, 0.3) is 0 Å². The van der Waals surface area contributed by atoms with Crippen LogP contribution in [-0.2, 0) is 14.3 Å². The van der Waals surface area contributed by atoms with Crippen LogP contribution in [0.2, 0.25) is 0 Å². The van der Waals surface area contributed by atoms with E-state index in [-0.39, 0.29) is 18.2 Å². The van der Waals surface area contributed by atoms with E-state index in [1.165, 1.54) is 0 Å². The molecule has 140 valence electrons. The summed E-state index contributed by atoms with van der Waals surface area (Å²) in [5.41, 5.74) is 2.85. The molecular formula is C21H22N2O4. The average Bonchev–Trinajstić information content (AvgIpc) is 3.04. The number of nitrogens with one attached hydrogen (secondary N) is 1. The van der Waals surface area contributed by atoms with Gasteiger partial charge in [-0.15, -0.1) is 0 Å². The van der Waals surface area contributed by atoms with Gasteiger partial charge in [0, 0.05) is 24.3 Å². The fourth-order valence-corrected chi connectivity index (χ4v) is 3.13. The summed E-state index contributed by atoms with van der Waals surface area (Å²) in [4.78, 5) is 38.3. The molecule has 2 aromatic rings. The first-order valence-electron chi connectivity index (χ1n) is 8.93. The average molecular weight is 366 g/mol. The molecule has 3 rings (SSSR count). The normalized spacial score (nSPS) is 16.3. The minimum Gasteiger partial charge on any atom is -0.462 e. The lowest BCUT2D eigenvalue weighted by Crippen LogP contribution is -2.28. The third-order valence-corrected chi connectivity index (χ3v) is 4.57. The molecule has 6 heteroatoms. The van der Waals surface area contributed by atoms with Crippen LogP contribution in [0.1, 0.15) is 29.3 Å². The quantitative estimate of drug-likeness (QED) is 0.825. The van der Waals surface area contributed by atoms with E-state index in [0.717, 1.165) is 11.3 Å². The number of benzene rings is 2. The summed E-state index contributed by atoms with van der Waals surface area (Å²) in [5, 5.41) is 2.82. The van der Waals surface area contributed by atoms with Gasteiger partial charge in [0.2, 0.25) is 11.8 Å². The van der Waals surface area contributed by atoms with Gasteiger partial charge in [-0.1, -0.05) is 18.2 Å². The van der Waals surface area contributed by atoms with Crippen molar-refractivity contribution in [2.75, 3.05) is 23.4 Å². The maximum atomic E-state index is 12.6. The summed E-state index contributed by atoms with van der Waals surface area (Å²) in [5.74, 6) is -1.07. The van der Waals surface area contributed by atoms with Crippen molar-refractivity contribution in [1.29, 1.82) is 0 Å². The number of para-hydroxylation sites is 1. The van der Waals surface area contributed by atoms with Crippen LogP contribution in [0.15, 0.2) is 48.5 Å². The number of carbonyl (C=O) groups is 3. The number of amides is 2. The number of hydrogen-bond acceptors (Lipinski definition) is 4. The van der Waals surface area contributed by atoms with Gasteiger partial charge in [-0.05, 0) is 49.7 Å². The lowest BCUT2D eigenvalue weighted by atomic mass is 10.1. The third-order valence-electron chi connectivity index (χ3n) is 4.57. The van der Waals surface area contributed by atoms with E-state index < -0.39 is 11.9 Å². The van der Waals surface area contributed by atoms with Crippen molar-refractivity contribution in [2.45, 2.75) is 20.3 Å². The maximum Gasteiger partial charge on any atom is 0.338 e. The molecule has 0 saturated carbocycles. The van der Waals surface area contributed by atoms with Crippen molar-refractivity contribution >= 4 is 29.2 Å². The zero-order valence-electron chi connectivity index (χ0n) is 15.4. The number of aryl methyl sites for hydroxylation is 1. The number of esters is 1. The molecule has 1 N–H and O–H groups in total. The molecule has 2 amide bonds. The largest absolute Gasteiger partial charge is 0.462 e. The lowest BCUT2D eigenvalue weighted by molar-refractivity contribution is -0.122. The molecule has 0 bridgehead atoms. The second kappa shape index (κ2) is 8.03. The summed E-state index contributed by atoms with van der Waals surface area (Å²) < 4.78 is 4.94. The highest BCUT2D eigenvalue weighted by molar-refractivity contribution is 6.04. The monoisotopic (exact) mass is 366 g/mol. The van der Waals surface area contributed by atoms with Crippen LogP contribution in [0, 0.1) is 12.8 Å². The Morgan fingerprint density at radius 1 is 1.15 bits per heavy atom. The first-order chi connectivity index (χ1) is 13.0. The van der Waals surface area contributed by atoms with Crippen LogP contribution in [0.3, 0.4) is 0 Å². The highest BCUT2D eigenvalue weighted by atomic mass is 16.5. The van der Waals surface area contributed by atoms with Crippen molar-refractivity contribution in [2.24, 2.45) is 5.92 Å². The number of carbonyl (C=O) groups excluding carboxylic acids is 3. The van der Waals surface area contributed by atoms with Crippen LogP contribution in [-0.4, -0.2) is 30.9 Å². The van der Waals surface area contributed by atoms with Gasteiger partial charge in [-0.3, -0.25) is 9.59 Å². The molecular weight excluding hydrogens is 344 g/mol. The molecule has 0 spiro atoms. The molecule has 0 aliphatic carbocycles. The minimum absolute atomic E-state index is 0.0536. The molecule has 1 aliphatic rings. The Bertz CT molecular complexity index is 861. The van der Waals surface area contributed by atoms with Crippen molar-refractivity contribution < 1.29 is 19.1 Å². The van der Waals surface area contributed by atoms with Crippen LogP contribution in [0.5, 0.6) is 0 Å². The fraction of sp³-hybridized carbons (Fsp3) is 0.286. The Morgan fingerprint density at radius 2 is 1.85 bits per heavy atom. The highest BCUT2D eigenvalue weighted by Gasteiger charge is 2.35. The van der Waals surface area contributed by atoms with E-state index in [9.17, 15) is 14.4 Å². The Labute approximate surface area is 158 Å². The standard InChI is InChI=1S/C21H22N2O4/c1-3-27-21(26)15-8-10-17(11-9-15)22-20(25)16-12-19(24)23(13-16)18-7-5-4-6-14(18)2/h4-11,16H,3,12-13H2,1-2H3,(H,22,25)/t16-/m0/s1. The summed E-state index contributed by atoms with van der Waals surface area (Å²) in [6.07, 6.45) is 0.182. The summed E-state index contributed by atoms with van der Waals surface area (Å²) in [6, 6.07) is 14.2. The molecule has 6 nitrogen and oxygen atoms in total. The molecule has 0 aromatic heterocycles. The van der Waals surface area contributed by atoms with E-state index in [0.29, 0.717) is 24.4 Å². The predicted molar refractivity (Wildman–Crippen MR) is 103 cm³/mol. The van der Waals surface area contributed by atoms with Gasteiger partial charge in [-0.2, -0.15) is 0 Å². The van der Waals surface area contributed by atoms with Crippen LogP contribution >= 0.6 is 0 Å². The first-order valence-corrected chi connectivity index (χ1v) is 8.93. The van der Waals surface area contributed by atoms with Crippen molar-refractivity contribution in [1.82, 2.24) is 0 Å². The maximum absolute atomic E-state index is 12.6. The zero-order chi connectivity index (χ0) is 19.4. The van der Waals surface area contributed by atoms with Crippen molar-refractivity contribution in [3.8, 4) is 0 Å². The highest BCUT2D eigenvalue weighted by Crippen LogP contribution is 2.28. The van der Waals surface area contributed by atoms with Crippen molar-refractivity contribution in [3.63, 3.8) is 0 Å². The number of rotatable bonds is 5. The minimum atomic E-state index is -0.415. The number of ether oxygens (including phenoxy) is 1. The van der Waals surface area contributed by atoms with Gasteiger partial charge in [0.15, 0.2) is 0 Å². The van der Waals surface area contributed by atoms with E-state index in [1.54, 1.807) is 36.1 Å². The number of hydrogen-bond donors (Lipinski definition) is 1. The van der Waals surface area contributed by atoms with E-state index in [4.69, 9.17) is 4.74 Å². The predicted octanol–water partition coefficient (Wildman–Crippen LogP) is 3.16. The molecule has 1 fully saturated rings. The second-order valence-corrected chi connectivity index (χ2v) is 6.48. The molecule has 0 radical (unpaired) electrons. The smallest absolute Gasteiger partial charge is 0.338 e. The Hall–Kier alpha value is -3.15. The molecule has 1 saturated heterocycles. The molecule has 0 unspecified atom stereocenters. The summed E-state index contributed by atoms with van der Waals surface area (Å²) in [6.45, 7) is 4.36. The zero-order valence-corrected chi connectivity index (χ0v) is 15.4. The van der Waals surface area contributed by atoms with E-state index >= 15 is 0 Å². The number of anilines is 2. The van der Waals surface area contributed by atoms with Crippen molar-refractivity contribution in [3.05, 3.63) is 59.7 Å². The Kier molecular flexibility index (Phi) is 5.54. The van der Waals surface area contributed by atoms with Crippen LogP contribution in [0.4, 0.5) is 11.4 Å². The molecule has 1 atom stereocenters. The van der Waals surface area contributed by atoms with Gasteiger partial charge in [0.1, 0.15) is 0 Å². The summed E-state index contributed by atoms with van der Waals surface area (Å²) >= 11 is 0. The lowest BCUT2D eigenvalue weighted by Gasteiger charge is -2.19. The third kappa shape index (κ3) is 4.16. The molecule has 27 heavy (non-hydrogen) atoms. The fourth-order valence-electron chi connectivity index (χ4n) is 3.13. The number of nitrogens with zero attached hydrogens (tertiary/aromatic N) is 1. The van der Waals surface area contributed by atoms with Crippen LogP contribution < -0.4 is 10.2 Å². The molecule has 2 aromatic carbocycles. The van der Waals surface area contributed by atoms with Gasteiger partial charge < -0.3 is 15.0 Å². The Morgan fingerprint density at radius 3 is 2.52 bits per heavy atom. The first kappa shape index (κ1) is 18.6. The van der Waals surface area contributed by atoms with E-state index in [2.05, 4.69) is 5.32 Å². The van der Waals surface area contributed by atoms with Gasteiger partial charge in [0.25, 0.3) is 0 Å². The Balaban J connectivity index is 1.64. The topological polar surface area (TPSA) is 75.7 Å². The SMILES string of the molecule is CCOC(=O)c1ccc(NC(=O)[C@H]2CC(=O)N(c3ccccc3C)C2)cc1. The molecule has 1 heterocycles. The van der Waals surface area contributed by atoms with Gasteiger partial charge in [-0.25, -0.2) is 4.79 Å². The van der Waals surface area contributed by atoms with Gasteiger partial charge in [0.05, 0.1) is 18.1 Å². The van der Waals surface area contributed by atoms with Gasteiger partial charge >= 0.3 is 5.97 Å².